The summed E-state index contributed by atoms with van der Waals surface area (Å²) in [5.41, 5.74) is 13.0. The van der Waals surface area contributed by atoms with Crippen molar-refractivity contribution < 1.29 is 4.79 Å². The van der Waals surface area contributed by atoms with Crippen molar-refractivity contribution in [2.75, 3.05) is 19.0 Å². The Balaban J connectivity index is 2.43. The molecular formula is C14H19N7OS. The molecule has 0 bridgehead atoms. The number of amides is 1. The molecule has 122 valence electrons. The Morgan fingerprint density at radius 1 is 1.35 bits per heavy atom. The van der Waals surface area contributed by atoms with E-state index < -0.39 is 0 Å². The van der Waals surface area contributed by atoms with E-state index in [1.807, 2.05) is 36.5 Å². The number of nitrogens with two attached hydrogens (primary N) is 2. The van der Waals surface area contributed by atoms with E-state index in [-0.39, 0.29) is 11.9 Å². The SMILES string of the molecule is CC(=O)NCc1ccc(N(C)C)nc1-c1csc(N=C(N)N)n1. The van der Waals surface area contributed by atoms with Crippen molar-refractivity contribution in [3.63, 3.8) is 0 Å². The molecule has 0 unspecified atom stereocenters. The van der Waals surface area contributed by atoms with E-state index in [9.17, 15) is 4.79 Å². The number of aliphatic imine (C=N–C) groups is 1. The third kappa shape index (κ3) is 4.39. The van der Waals surface area contributed by atoms with Crippen LogP contribution < -0.4 is 21.7 Å². The van der Waals surface area contributed by atoms with Gasteiger partial charge in [-0.1, -0.05) is 6.07 Å². The number of aromatic nitrogens is 2. The number of rotatable bonds is 5. The van der Waals surface area contributed by atoms with Gasteiger partial charge in [0.15, 0.2) is 5.96 Å². The third-order valence-electron chi connectivity index (χ3n) is 2.91. The van der Waals surface area contributed by atoms with Gasteiger partial charge in [0.25, 0.3) is 0 Å². The number of nitrogens with one attached hydrogen (secondary N) is 1. The number of guanidine groups is 1. The van der Waals surface area contributed by atoms with Gasteiger partial charge in [-0.15, -0.1) is 11.3 Å². The van der Waals surface area contributed by atoms with Gasteiger partial charge < -0.3 is 21.7 Å². The molecule has 5 N–H and O–H groups in total. The normalized spacial score (nSPS) is 10.2. The molecule has 8 nitrogen and oxygen atoms in total. The first-order valence-corrected chi connectivity index (χ1v) is 7.72. The lowest BCUT2D eigenvalue weighted by Crippen LogP contribution is -2.21. The Morgan fingerprint density at radius 2 is 2.09 bits per heavy atom. The fraction of sp³-hybridized carbons (Fsp3) is 0.286. The minimum absolute atomic E-state index is 0.0422. The number of nitrogens with zero attached hydrogens (tertiary/aromatic N) is 4. The lowest BCUT2D eigenvalue weighted by molar-refractivity contribution is -0.119. The van der Waals surface area contributed by atoms with Crippen molar-refractivity contribution in [1.82, 2.24) is 15.3 Å². The van der Waals surface area contributed by atoms with Gasteiger partial charge in [0.05, 0.1) is 5.69 Å². The zero-order valence-electron chi connectivity index (χ0n) is 13.2. The molecule has 2 rings (SSSR count). The van der Waals surface area contributed by atoms with Gasteiger partial charge >= 0.3 is 0 Å². The summed E-state index contributed by atoms with van der Waals surface area (Å²) in [7, 11) is 3.82. The zero-order chi connectivity index (χ0) is 17.0. The molecular weight excluding hydrogens is 314 g/mol. The van der Waals surface area contributed by atoms with E-state index in [1.54, 1.807) is 0 Å². The van der Waals surface area contributed by atoms with Crippen LogP contribution in [0.4, 0.5) is 10.9 Å². The number of hydrogen-bond donors (Lipinski definition) is 3. The standard InChI is InChI=1S/C14H19N7OS/c1-8(22)17-6-9-4-5-11(21(2)3)19-12(9)10-7-23-14(18-10)20-13(15)16/h4-5,7H,6H2,1-3H3,(H,17,22)(H4,15,16,18,20). The quantitative estimate of drug-likeness (QED) is 0.550. The van der Waals surface area contributed by atoms with Crippen molar-refractivity contribution >= 4 is 34.2 Å². The van der Waals surface area contributed by atoms with Gasteiger partial charge in [0.2, 0.25) is 11.0 Å². The number of thiazole rings is 1. The van der Waals surface area contributed by atoms with Crippen LogP contribution in [0.2, 0.25) is 0 Å². The Hall–Kier alpha value is -2.68. The van der Waals surface area contributed by atoms with Crippen molar-refractivity contribution in [3.05, 3.63) is 23.1 Å². The average molecular weight is 333 g/mol. The summed E-state index contributed by atoms with van der Waals surface area (Å²) in [6.07, 6.45) is 0. The molecule has 9 heteroatoms. The van der Waals surface area contributed by atoms with Crippen LogP contribution >= 0.6 is 11.3 Å². The molecule has 0 fully saturated rings. The van der Waals surface area contributed by atoms with Crippen LogP contribution in [0.25, 0.3) is 11.4 Å². The minimum atomic E-state index is -0.105. The van der Waals surface area contributed by atoms with Crippen molar-refractivity contribution in [3.8, 4) is 11.4 Å². The zero-order valence-corrected chi connectivity index (χ0v) is 14.0. The molecule has 0 aromatic carbocycles. The van der Waals surface area contributed by atoms with E-state index in [2.05, 4.69) is 20.3 Å². The number of pyridine rings is 1. The van der Waals surface area contributed by atoms with Gasteiger partial charge in [-0.3, -0.25) is 4.79 Å². The molecule has 0 radical (unpaired) electrons. The molecule has 23 heavy (non-hydrogen) atoms. The van der Waals surface area contributed by atoms with Gasteiger partial charge in [0.1, 0.15) is 11.5 Å². The van der Waals surface area contributed by atoms with Gasteiger partial charge in [-0.05, 0) is 11.6 Å². The van der Waals surface area contributed by atoms with Gasteiger partial charge in [0, 0.05) is 32.9 Å². The molecule has 0 saturated carbocycles. The number of hydrogen-bond acceptors (Lipinski definition) is 6. The molecule has 0 aliphatic heterocycles. The Morgan fingerprint density at radius 3 is 2.70 bits per heavy atom. The molecule has 0 atom stereocenters. The summed E-state index contributed by atoms with van der Waals surface area (Å²) in [5, 5.41) is 5.07. The highest BCUT2D eigenvalue weighted by Crippen LogP contribution is 2.29. The molecule has 0 saturated heterocycles. The maximum atomic E-state index is 11.2. The highest BCUT2D eigenvalue weighted by atomic mass is 32.1. The van der Waals surface area contributed by atoms with E-state index in [4.69, 9.17) is 11.5 Å². The molecule has 0 spiro atoms. The second-order valence-corrected chi connectivity index (χ2v) is 5.87. The summed E-state index contributed by atoms with van der Waals surface area (Å²) in [5.74, 6) is 0.648. The molecule has 0 aliphatic carbocycles. The summed E-state index contributed by atoms with van der Waals surface area (Å²) in [4.78, 5) is 26.0. The first-order chi connectivity index (χ1) is 10.9. The molecule has 0 aliphatic rings. The fourth-order valence-corrected chi connectivity index (χ4v) is 2.54. The van der Waals surface area contributed by atoms with Crippen molar-refractivity contribution in [2.24, 2.45) is 16.5 Å². The van der Waals surface area contributed by atoms with Gasteiger partial charge in [-0.25, -0.2) is 9.97 Å². The Kier molecular flexibility index (Phi) is 5.12. The van der Waals surface area contributed by atoms with Crippen LogP contribution in [0.1, 0.15) is 12.5 Å². The van der Waals surface area contributed by atoms with Gasteiger partial charge in [-0.2, -0.15) is 4.99 Å². The maximum Gasteiger partial charge on any atom is 0.217 e. The van der Waals surface area contributed by atoms with Crippen LogP contribution in [0.3, 0.4) is 0 Å². The second-order valence-electron chi connectivity index (χ2n) is 5.03. The van der Waals surface area contributed by atoms with Crippen LogP contribution in [-0.4, -0.2) is 35.9 Å². The van der Waals surface area contributed by atoms with Crippen LogP contribution in [0.15, 0.2) is 22.5 Å². The third-order valence-corrected chi connectivity index (χ3v) is 3.64. The van der Waals surface area contributed by atoms with E-state index in [0.29, 0.717) is 23.1 Å². The highest BCUT2D eigenvalue weighted by Gasteiger charge is 2.13. The van der Waals surface area contributed by atoms with Crippen molar-refractivity contribution in [1.29, 1.82) is 0 Å². The lowest BCUT2D eigenvalue weighted by atomic mass is 10.1. The summed E-state index contributed by atoms with van der Waals surface area (Å²) >= 11 is 1.32. The lowest BCUT2D eigenvalue weighted by Gasteiger charge is -2.14. The van der Waals surface area contributed by atoms with Crippen molar-refractivity contribution in [2.45, 2.75) is 13.5 Å². The maximum absolute atomic E-state index is 11.2. The van der Waals surface area contributed by atoms with Crippen LogP contribution in [-0.2, 0) is 11.3 Å². The van der Waals surface area contributed by atoms with E-state index >= 15 is 0 Å². The second kappa shape index (κ2) is 7.05. The minimum Gasteiger partial charge on any atom is -0.370 e. The number of carbonyl (C=O) groups is 1. The molecule has 2 aromatic rings. The topological polar surface area (TPSA) is 123 Å². The summed E-state index contributed by atoms with van der Waals surface area (Å²) < 4.78 is 0. The molecule has 2 heterocycles. The Labute approximate surface area is 138 Å². The first kappa shape index (κ1) is 16.7. The predicted octanol–water partition coefficient (Wildman–Crippen LogP) is 0.812. The summed E-state index contributed by atoms with van der Waals surface area (Å²) in [6, 6.07) is 3.82. The number of carbonyl (C=O) groups excluding carboxylic acids is 1. The monoisotopic (exact) mass is 333 g/mol. The highest BCUT2D eigenvalue weighted by molar-refractivity contribution is 7.13. The Bertz CT molecular complexity index is 734. The largest absolute Gasteiger partial charge is 0.370 e. The number of anilines is 1. The fourth-order valence-electron chi connectivity index (χ4n) is 1.85. The predicted molar refractivity (Wildman–Crippen MR) is 92.7 cm³/mol. The average Bonchev–Trinajstić information content (AvgIpc) is 2.92. The molecule has 2 aromatic heterocycles. The first-order valence-electron chi connectivity index (χ1n) is 6.84. The molecule has 1 amide bonds. The van der Waals surface area contributed by atoms with Crippen LogP contribution in [0, 0.1) is 0 Å². The summed E-state index contributed by atoms with van der Waals surface area (Å²) in [6.45, 7) is 1.85. The van der Waals surface area contributed by atoms with E-state index in [1.165, 1.54) is 18.3 Å². The smallest absolute Gasteiger partial charge is 0.217 e. The van der Waals surface area contributed by atoms with Crippen LogP contribution in [0.5, 0.6) is 0 Å². The van der Waals surface area contributed by atoms with E-state index in [0.717, 1.165) is 11.4 Å².